The second kappa shape index (κ2) is 6.86. The quantitative estimate of drug-likeness (QED) is 0.849. The standard InChI is InChI=1S/C15H14N2O4S/c1-9(18)16-10-3-5-11(6-4-10)17-14(19)12-7-8-13(22-12)15(20)21-2/h3-8H,1-2H3,(H,16,18)(H,17,19). The first kappa shape index (κ1) is 15.7. The molecule has 0 atom stereocenters. The Kier molecular flexibility index (Phi) is 4.90. The summed E-state index contributed by atoms with van der Waals surface area (Å²) >= 11 is 1.06. The van der Waals surface area contributed by atoms with Crippen molar-refractivity contribution in [1.29, 1.82) is 0 Å². The lowest BCUT2D eigenvalue weighted by Gasteiger charge is -2.05. The second-order valence-corrected chi connectivity index (χ2v) is 5.45. The average Bonchev–Trinajstić information content (AvgIpc) is 2.98. The first-order valence-corrected chi connectivity index (χ1v) is 7.18. The Morgan fingerprint density at radius 2 is 1.45 bits per heavy atom. The van der Waals surface area contributed by atoms with E-state index in [1.165, 1.54) is 14.0 Å². The van der Waals surface area contributed by atoms with Gasteiger partial charge < -0.3 is 15.4 Å². The molecule has 0 unspecified atom stereocenters. The minimum Gasteiger partial charge on any atom is -0.465 e. The van der Waals surface area contributed by atoms with Gasteiger partial charge in [0.2, 0.25) is 5.91 Å². The minimum absolute atomic E-state index is 0.161. The van der Waals surface area contributed by atoms with Crippen LogP contribution in [0.15, 0.2) is 36.4 Å². The molecule has 1 heterocycles. The van der Waals surface area contributed by atoms with Gasteiger partial charge in [0.25, 0.3) is 5.91 Å². The van der Waals surface area contributed by atoms with E-state index in [2.05, 4.69) is 15.4 Å². The van der Waals surface area contributed by atoms with Gasteiger partial charge in [0.05, 0.1) is 12.0 Å². The van der Waals surface area contributed by atoms with E-state index in [9.17, 15) is 14.4 Å². The fourth-order valence-electron chi connectivity index (χ4n) is 1.70. The zero-order chi connectivity index (χ0) is 16.1. The average molecular weight is 318 g/mol. The Labute approximate surface area is 131 Å². The molecule has 6 nitrogen and oxygen atoms in total. The van der Waals surface area contributed by atoms with Crippen molar-refractivity contribution >= 4 is 40.5 Å². The van der Waals surface area contributed by atoms with Crippen LogP contribution in [-0.4, -0.2) is 24.9 Å². The van der Waals surface area contributed by atoms with Crippen LogP contribution in [0, 0.1) is 0 Å². The molecule has 0 fully saturated rings. The first-order chi connectivity index (χ1) is 10.5. The molecule has 114 valence electrons. The Balaban J connectivity index is 2.03. The van der Waals surface area contributed by atoms with Crippen LogP contribution in [0.1, 0.15) is 26.3 Å². The molecular weight excluding hydrogens is 304 g/mol. The molecule has 0 radical (unpaired) electrons. The normalized spacial score (nSPS) is 9.91. The molecule has 2 amide bonds. The minimum atomic E-state index is -0.469. The molecule has 22 heavy (non-hydrogen) atoms. The molecule has 0 saturated carbocycles. The van der Waals surface area contributed by atoms with E-state index in [0.717, 1.165) is 11.3 Å². The second-order valence-electron chi connectivity index (χ2n) is 4.37. The lowest BCUT2D eigenvalue weighted by atomic mass is 10.2. The van der Waals surface area contributed by atoms with Crippen LogP contribution in [0.3, 0.4) is 0 Å². The molecule has 0 saturated heterocycles. The van der Waals surface area contributed by atoms with E-state index in [1.807, 2.05) is 0 Å². The highest BCUT2D eigenvalue weighted by molar-refractivity contribution is 7.16. The van der Waals surface area contributed by atoms with Gasteiger partial charge in [0.15, 0.2) is 0 Å². The number of amides is 2. The lowest BCUT2D eigenvalue weighted by molar-refractivity contribution is -0.114. The predicted molar refractivity (Wildman–Crippen MR) is 84.4 cm³/mol. The van der Waals surface area contributed by atoms with Gasteiger partial charge in [-0.1, -0.05) is 0 Å². The van der Waals surface area contributed by atoms with Crippen molar-refractivity contribution in [2.75, 3.05) is 17.7 Å². The predicted octanol–water partition coefficient (Wildman–Crippen LogP) is 2.75. The van der Waals surface area contributed by atoms with E-state index in [-0.39, 0.29) is 11.8 Å². The molecule has 0 aliphatic heterocycles. The number of carbonyl (C=O) groups excluding carboxylic acids is 3. The number of methoxy groups -OCH3 is 1. The van der Waals surface area contributed by atoms with Gasteiger partial charge in [-0.3, -0.25) is 9.59 Å². The topological polar surface area (TPSA) is 84.5 Å². The van der Waals surface area contributed by atoms with Crippen LogP contribution < -0.4 is 10.6 Å². The molecule has 7 heteroatoms. The van der Waals surface area contributed by atoms with Crippen LogP contribution in [-0.2, 0) is 9.53 Å². The van der Waals surface area contributed by atoms with Crippen molar-refractivity contribution in [2.24, 2.45) is 0 Å². The van der Waals surface area contributed by atoms with Crippen molar-refractivity contribution in [1.82, 2.24) is 0 Å². The molecule has 2 rings (SSSR count). The summed E-state index contributed by atoms with van der Waals surface area (Å²) in [6, 6.07) is 9.84. The van der Waals surface area contributed by atoms with Gasteiger partial charge in [-0.05, 0) is 36.4 Å². The van der Waals surface area contributed by atoms with Crippen LogP contribution in [0.4, 0.5) is 11.4 Å². The summed E-state index contributed by atoms with van der Waals surface area (Å²) in [5, 5.41) is 5.35. The number of ether oxygens (including phenoxy) is 1. The van der Waals surface area contributed by atoms with Crippen LogP contribution in [0.2, 0.25) is 0 Å². The molecular formula is C15H14N2O4S. The summed E-state index contributed by atoms with van der Waals surface area (Å²) < 4.78 is 4.60. The molecule has 0 spiro atoms. The van der Waals surface area contributed by atoms with Gasteiger partial charge in [-0.2, -0.15) is 0 Å². The van der Waals surface area contributed by atoms with Crippen LogP contribution in [0.25, 0.3) is 0 Å². The fourth-order valence-corrected chi connectivity index (χ4v) is 2.52. The molecule has 2 N–H and O–H groups in total. The highest BCUT2D eigenvalue weighted by atomic mass is 32.1. The van der Waals surface area contributed by atoms with E-state index >= 15 is 0 Å². The zero-order valence-corrected chi connectivity index (χ0v) is 12.8. The van der Waals surface area contributed by atoms with Crippen molar-refractivity contribution in [3.8, 4) is 0 Å². The van der Waals surface area contributed by atoms with E-state index < -0.39 is 5.97 Å². The maximum atomic E-state index is 12.1. The maximum absolute atomic E-state index is 12.1. The molecule has 0 bridgehead atoms. The molecule has 0 aliphatic rings. The SMILES string of the molecule is COC(=O)c1ccc(C(=O)Nc2ccc(NC(C)=O)cc2)s1. The zero-order valence-electron chi connectivity index (χ0n) is 12.0. The summed E-state index contributed by atoms with van der Waals surface area (Å²) in [7, 11) is 1.29. The smallest absolute Gasteiger partial charge is 0.348 e. The Morgan fingerprint density at radius 1 is 0.909 bits per heavy atom. The Hall–Kier alpha value is -2.67. The van der Waals surface area contributed by atoms with Gasteiger partial charge in [0, 0.05) is 18.3 Å². The van der Waals surface area contributed by atoms with Crippen molar-refractivity contribution in [3.05, 3.63) is 46.2 Å². The number of carbonyl (C=O) groups is 3. The summed E-state index contributed by atoms with van der Waals surface area (Å²) in [6.07, 6.45) is 0. The van der Waals surface area contributed by atoms with Gasteiger partial charge >= 0.3 is 5.97 Å². The van der Waals surface area contributed by atoms with Crippen LogP contribution >= 0.6 is 11.3 Å². The van der Waals surface area contributed by atoms with Gasteiger partial charge in [0.1, 0.15) is 4.88 Å². The van der Waals surface area contributed by atoms with Gasteiger partial charge in [-0.25, -0.2) is 4.79 Å². The lowest BCUT2D eigenvalue weighted by Crippen LogP contribution is -2.10. The van der Waals surface area contributed by atoms with Gasteiger partial charge in [-0.15, -0.1) is 11.3 Å². The highest BCUT2D eigenvalue weighted by Gasteiger charge is 2.14. The highest BCUT2D eigenvalue weighted by Crippen LogP contribution is 2.20. The Bertz CT molecular complexity index is 707. The van der Waals surface area contributed by atoms with Crippen LogP contribution in [0.5, 0.6) is 0 Å². The number of benzene rings is 1. The Morgan fingerprint density at radius 3 is 2.00 bits per heavy atom. The molecule has 1 aromatic carbocycles. The number of thiophene rings is 1. The summed E-state index contributed by atoms with van der Waals surface area (Å²) in [5.41, 5.74) is 1.24. The third-order valence-electron chi connectivity index (χ3n) is 2.68. The summed E-state index contributed by atoms with van der Waals surface area (Å²) in [4.78, 5) is 35.1. The van der Waals surface area contributed by atoms with E-state index in [1.54, 1.807) is 36.4 Å². The number of hydrogen-bond donors (Lipinski definition) is 2. The third kappa shape index (κ3) is 3.92. The number of nitrogens with one attached hydrogen (secondary N) is 2. The van der Waals surface area contributed by atoms with E-state index in [0.29, 0.717) is 21.1 Å². The monoisotopic (exact) mass is 318 g/mol. The number of rotatable bonds is 4. The number of hydrogen-bond acceptors (Lipinski definition) is 5. The van der Waals surface area contributed by atoms with Crippen molar-refractivity contribution in [3.63, 3.8) is 0 Å². The molecule has 2 aromatic rings. The largest absolute Gasteiger partial charge is 0.465 e. The fraction of sp³-hybridized carbons (Fsp3) is 0.133. The summed E-state index contributed by atoms with van der Waals surface area (Å²) in [6.45, 7) is 1.42. The molecule has 1 aromatic heterocycles. The molecule has 0 aliphatic carbocycles. The number of anilines is 2. The van der Waals surface area contributed by atoms with E-state index in [4.69, 9.17) is 0 Å². The van der Waals surface area contributed by atoms with Crippen molar-refractivity contribution < 1.29 is 19.1 Å². The maximum Gasteiger partial charge on any atom is 0.348 e. The van der Waals surface area contributed by atoms with Crippen molar-refractivity contribution in [2.45, 2.75) is 6.92 Å². The first-order valence-electron chi connectivity index (χ1n) is 6.37. The summed E-state index contributed by atoms with van der Waals surface area (Å²) in [5.74, 6) is -0.943. The number of esters is 1. The third-order valence-corrected chi connectivity index (χ3v) is 3.74.